The van der Waals surface area contributed by atoms with Crippen LogP contribution >= 0.6 is 0 Å². The molecule has 0 aromatic heterocycles. The van der Waals surface area contributed by atoms with Crippen LogP contribution in [0.25, 0.3) is 0 Å². The van der Waals surface area contributed by atoms with Crippen molar-refractivity contribution in [3.63, 3.8) is 0 Å². The first kappa shape index (κ1) is 14.4. The molecule has 0 heterocycles. The maximum absolute atomic E-state index is 11.4. The minimum Gasteiger partial charge on any atom is -0.372 e. The summed E-state index contributed by atoms with van der Waals surface area (Å²) in [5, 5.41) is 0. The number of hydrogen-bond donors (Lipinski definition) is 1. The smallest absolute Gasteiger partial charge is 0.204 e. The highest BCUT2D eigenvalue weighted by Crippen LogP contribution is 2.41. The molecule has 18 heavy (non-hydrogen) atoms. The van der Waals surface area contributed by atoms with Crippen molar-refractivity contribution in [1.29, 1.82) is 0 Å². The summed E-state index contributed by atoms with van der Waals surface area (Å²) in [6.07, 6.45) is 2.73. The number of hydrogen-bond acceptors (Lipinski definition) is 2. The number of benzene rings is 1. The van der Waals surface area contributed by atoms with Crippen molar-refractivity contribution in [3.8, 4) is 0 Å². The number of primary amides is 1. The standard InChI is InChI=1S/C14H18O.CH3NO/c1-11-10-13(15)8-9-14(11,2)12-6-4-3-5-7-12;2-1-3/h3-7,11H,8-10H2,1-2H3;1H,(H2,2,3). The molecule has 0 saturated heterocycles. The molecule has 1 aliphatic carbocycles. The van der Waals surface area contributed by atoms with Gasteiger partial charge in [0.15, 0.2) is 0 Å². The largest absolute Gasteiger partial charge is 0.372 e. The van der Waals surface area contributed by atoms with Gasteiger partial charge in [0.25, 0.3) is 0 Å². The topological polar surface area (TPSA) is 60.2 Å². The Hall–Kier alpha value is -1.64. The molecule has 2 N–H and O–H groups in total. The van der Waals surface area contributed by atoms with E-state index in [-0.39, 0.29) is 11.8 Å². The highest BCUT2D eigenvalue weighted by molar-refractivity contribution is 5.80. The highest BCUT2D eigenvalue weighted by atomic mass is 16.1. The Morgan fingerprint density at radius 1 is 1.33 bits per heavy atom. The van der Waals surface area contributed by atoms with Crippen molar-refractivity contribution in [1.82, 2.24) is 0 Å². The van der Waals surface area contributed by atoms with Crippen LogP contribution in [0, 0.1) is 5.92 Å². The number of Topliss-reactive ketones (excluding diaryl/α,β-unsaturated/α-hetero) is 1. The van der Waals surface area contributed by atoms with Gasteiger partial charge in [-0.25, -0.2) is 0 Å². The van der Waals surface area contributed by atoms with Crippen molar-refractivity contribution in [2.24, 2.45) is 11.7 Å². The Labute approximate surface area is 108 Å². The highest BCUT2D eigenvalue weighted by Gasteiger charge is 2.37. The lowest BCUT2D eigenvalue weighted by Gasteiger charge is -2.39. The predicted octanol–water partition coefficient (Wildman–Crippen LogP) is 2.43. The summed E-state index contributed by atoms with van der Waals surface area (Å²) in [5.41, 5.74) is 5.74. The summed E-state index contributed by atoms with van der Waals surface area (Å²) in [6, 6.07) is 10.6. The first-order valence-electron chi connectivity index (χ1n) is 6.27. The lowest BCUT2D eigenvalue weighted by molar-refractivity contribution is -0.122. The Kier molecular flexibility index (Phi) is 5.08. The fraction of sp³-hybridized carbons (Fsp3) is 0.467. The first-order valence-corrected chi connectivity index (χ1v) is 6.27. The molecule has 1 fully saturated rings. The van der Waals surface area contributed by atoms with E-state index in [1.165, 1.54) is 5.56 Å². The third kappa shape index (κ3) is 3.19. The molecule has 0 radical (unpaired) electrons. The van der Waals surface area contributed by atoms with Crippen LogP contribution in [0.15, 0.2) is 30.3 Å². The molecular formula is C15H21NO2. The van der Waals surface area contributed by atoms with E-state index in [0.29, 0.717) is 11.7 Å². The molecule has 1 aromatic rings. The number of amides is 1. The molecule has 2 atom stereocenters. The van der Waals surface area contributed by atoms with E-state index in [0.717, 1.165) is 19.3 Å². The van der Waals surface area contributed by atoms with Crippen LogP contribution in [-0.4, -0.2) is 12.2 Å². The van der Waals surface area contributed by atoms with Crippen molar-refractivity contribution in [3.05, 3.63) is 35.9 Å². The van der Waals surface area contributed by atoms with Crippen molar-refractivity contribution in [2.45, 2.75) is 38.5 Å². The quantitative estimate of drug-likeness (QED) is 0.775. The number of carbonyl (C=O) groups is 2. The summed E-state index contributed by atoms with van der Waals surface area (Å²) >= 11 is 0. The molecule has 3 nitrogen and oxygen atoms in total. The summed E-state index contributed by atoms with van der Waals surface area (Å²) in [6.45, 7) is 4.49. The van der Waals surface area contributed by atoms with Gasteiger partial charge in [0.05, 0.1) is 0 Å². The number of carbonyl (C=O) groups excluding carboxylic acids is 2. The molecule has 1 aliphatic rings. The molecule has 1 aromatic carbocycles. The molecule has 2 rings (SSSR count). The molecule has 3 heteroatoms. The van der Waals surface area contributed by atoms with E-state index in [2.05, 4.69) is 43.8 Å². The summed E-state index contributed by atoms with van der Waals surface area (Å²) in [5.74, 6) is 0.886. The van der Waals surface area contributed by atoms with Gasteiger partial charge in [0.2, 0.25) is 6.41 Å². The van der Waals surface area contributed by atoms with Crippen LogP contribution in [0.5, 0.6) is 0 Å². The third-order valence-electron chi connectivity index (χ3n) is 3.98. The number of rotatable bonds is 1. The van der Waals surface area contributed by atoms with E-state index in [1.807, 2.05) is 6.07 Å². The molecular weight excluding hydrogens is 226 g/mol. The van der Waals surface area contributed by atoms with Gasteiger partial charge >= 0.3 is 0 Å². The Morgan fingerprint density at radius 3 is 2.39 bits per heavy atom. The van der Waals surface area contributed by atoms with Crippen molar-refractivity contribution >= 4 is 12.2 Å². The van der Waals surface area contributed by atoms with Crippen LogP contribution in [0.4, 0.5) is 0 Å². The average molecular weight is 247 g/mol. The van der Waals surface area contributed by atoms with Crippen LogP contribution in [0.3, 0.4) is 0 Å². The molecule has 0 spiro atoms. The maximum Gasteiger partial charge on any atom is 0.204 e. The van der Waals surface area contributed by atoms with E-state index >= 15 is 0 Å². The minimum atomic E-state index is 0.190. The summed E-state index contributed by atoms with van der Waals surface area (Å²) < 4.78 is 0. The van der Waals surface area contributed by atoms with Gasteiger partial charge in [-0.2, -0.15) is 0 Å². The van der Waals surface area contributed by atoms with E-state index in [1.54, 1.807) is 0 Å². The number of nitrogens with two attached hydrogens (primary N) is 1. The number of ketones is 1. The second kappa shape index (κ2) is 6.34. The molecule has 1 amide bonds. The van der Waals surface area contributed by atoms with E-state index < -0.39 is 0 Å². The van der Waals surface area contributed by atoms with Crippen molar-refractivity contribution < 1.29 is 9.59 Å². The fourth-order valence-electron chi connectivity index (χ4n) is 2.56. The van der Waals surface area contributed by atoms with Crippen LogP contribution in [0.2, 0.25) is 0 Å². The molecule has 2 unspecified atom stereocenters. The normalized spacial score (nSPS) is 27.0. The van der Waals surface area contributed by atoms with Gasteiger partial charge in [0.1, 0.15) is 5.78 Å². The van der Waals surface area contributed by atoms with Crippen LogP contribution in [0.1, 0.15) is 38.7 Å². The molecule has 1 saturated carbocycles. The van der Waals surface area contributed by atoms with E-state index in [9.17, 15) is 4.79 Å². The Bertz CT molecular complexity index is 402. The summed E-state index contributed by atoms with van der Waals surface area (Å²) in [4.78, 5) is 20.0. The second-order valence-corrected chi connectivity index (χ2v) is 5.06. The van der Waals surface area contributed by atoms with Gasteiger partial charge in [-0.05, 0) is 23.3 Å². The summed E-state index contributed by atoms with van der Waals surface area (Å²) in [7, 11) is 0. The lowest BCUT2D eigenvalue weighted by Crippen LogP contribution is -2.36. The van der Waals surface area contributed by atoms with Gasteiger partial charge < -0.3 is 5.73 Å². The van der Waals surface area contributed by atoms with Crippen LogP contribution < -0.4 is 5.73 Å². The zero-order valence-corrected chi connectivity index (χ0v) is 11.1. The van der Waals surface area contributed by atoms with Gasteiger partial charge in [-0.3, -0.25) is 9.59 Å². The first-order chi connectivity index (χ1) is 8.54. The van der Waals surface area contributed by atoms with E-state index in [4.69, 9.17) is 4.79 Å². The fourth-order valence-corrected chi connectivity index (χ4v) is 2.56. The zero-order valence-electron chi connectivity index (χ0n) is 11.1. The Morgan fingerprint density at radius 2 is 1.89 bits per heavy atom. The third-order valence-corrected chi connectivity index (χ3v) is 3.98. The molecule has 0 aliphatic heterocycles. The second-order valence-electron chi connectivity index (χ2n) is 5.06. The molecule has 0 bridgehead atoms. The van der Waals surface area contributed by atoms with Gasteiger partial charge in [-0.1, -0.05) is 44.2 Å². The maximum atomic E-state index is 11.4. The van der Waals surface area contributed by atoms with Crippen LogP contribution in [-0.2, 0) is 15.0 Å². The predicted molar refractivity (Wildman–Crippen MR) is 72.1 cm³/mol. The average Bonchev–Trinajstić information content (AvgIpc) is 2.36. The monoisotopic (exact) mass is 247 g/mol. The zero-order chi connectivity index (χ0) is 13.6. The SMILES string of the molecule is CC1CC(=O)CCC1(C)c1ccccc1.NC=O. The minimum absolute atomic E-state index is 0.190. The van der Waals surface area contributed by atoms with Gasteiger partial charge in [0, 0.05) is 12.8 Å². The Balaban J connectivity index is 0.000000492. The van der Waals surface area contributed by atoms with Crippen molar-refractivity contribution in [2.75, 3.05) is 0 Å². The van der Waals surface area contributed by atoms with Gasteiger partial charge in [-0.15, -0.1) is 0 Å². The molecule has 98 valence electrons. The lowest BCUT2D eigenvalue weighted by atomic mass is 9.64.